The lowest BCUT2D eigenvalue weighted by molar-refractivity contribution is 0.0230. The molecule has 102 valence electrons. The van der Waals surface area contributed by atoms with Crippen molar-refractivity contribution in [1.82, 2.24) is 0 Å². The molecule has 0 fully saturated rings. The summed E-state index contributed by atoms with van der Waals surface area (Å²) in [6.45, 7) is 7.05. The molecule has 18 heavy (non-hydrogen) atoms. The summed E-state index contributed by atoms with van der Waals surface area (Å²) in [6.07, 6.45) is 2.18. The number of rotatable bonds is 7. The second kappa shape index (κ2) is 7.49. The highest BCUT2D eigenvalue weighted by atomic mass is 19.1. The van der Waals surface area contributed by atoms with E-state index in [-0.39, 0.29) is 18.0 Å². The van der Waals surface area contributed by atoms with Crippen LogP contribution < -0.4 is 5.73 Å². The van der Waals surface area contributed by atoms with E-state index in [2.05, 4.69) is 13.8 Å². The largest absolute Gasteiger partial charge is 0.376 e. The minimum atomic E-state index is -0.239. The number of hydrogen-bond acceptors (Lipinski definition) is 2. The third-order valence-electron chi connectivity index (χ3n) is 3.51. The zero-order chi connectivity index (χ0) is 13.5. The van der Waals surface area contributed by atoms with E-state index in [0.717, 1.165) is 25.0 Å². The summed E-state index contributed by atoms with van der Waals surface area (Å²) in [7, 11) is 0. The van der Waals surface area contributed by atoms with Gasteiger partial charge in [-0.3, -0.25) is 0 Å². The zero-order valence-corrected chi connectivity index (χ0v) is 11.5. The highest BCUT2D eigenvalue weighted by Crippen LogP contribution is 2.18. The molecule has 0 saturated carbocycles. The summed E-state index contributed by atoms with van der Waals surface area (Å²) in [6, 6.07) is 6.10. The van der Waals surface area contributed by atoms with Crippen LogP contribution in [0.1, 0.15) is 45.2 Å². The van der Waals surface area contributed by atoms with Gasteiger partial charge in [0, 0.05) is 6.61 Å². The van der Waals surface area contributed by atoms with Gasteiger partial charge in [0.15, 0.2) is 0 Å². The topological polar surface area (TPSA) is 35.2 Å². The monoisotopic (exact) mass is 253 g/mol. The molecule has 0 bridgehead atoms. The zero-order valence-electron chi connectivity index (χ0n) is 11.5. The molecule has 0 heterocycles. The summed E-state index contributed by atoms with van der Waals surface area (Å²) in [5.74, 6) is 0.351. The first-order chi connectivity index (χ1) is 8.58. The Balaban J connectivity index is 2.50. The average molecular weight is 253 g/mol. The van der Waals surface area contributed by atoms with E-state index in [1.165, 1.54) is 12.1 Å². The molecule has 3 heteroatoms. The van der Waals surface area contributed by atoms with Crippen LogP contribution in [0.15, 0.2) is 24.3 Å². The Morgan fingerprint density at radius 2 is 1.72 bits per heavy atom. The Kier molecular flexibility index (Phi) is 6.30. The SMILES string of the molecule is CCC(CC)COC(C)C(N)c1ccc(F)cc1. The average Bonchev–Trinajstić information content (AvgIpc) is 2.39. The highest BCUT2D eigenvalue weighted by Gasteiger charge is 2.16. The fraction of sp³-hybridized carbons (Fsp3) is 0.600. The van der Waals surface area contributed by atoms with Crippen LogP contribution in [0.25, 0.3) is 0 Å². The van der Waals surface area contributed by atoms with Crippen LogP contribution in [0.5, 0.6) is 0 Å². The molecule has 2 unspecified atom stereocenters. The lowest BCUT2D eigenvalue weighted by atomic mass is 10.0. The standard InChI is InChI=1S/C15H24FNO/c1-4-12(5-2)10-18-11(3)15(17)13-6-8-14(16)9-7-13/h6-9,11-12,15H,4-5,10,17H2,1-3H3. The molecular formula is C15H24FNO. The minimum absolute atomic E-state index is 0.0592. The van der Waals surface area contributed by atoms with Gasteiger partial charge in [-0.15, -0.1) is 0 Å². The van der Waals surface area contributed by atoms with Crippen molar-refractivity contribution in [2.24, 2.45) is 11.7 Å². The molecule has 1 rings (SSSR count). The van der Waals surface area contributed by atoms with Gasteiger partial charge in [0.2, 0.25) is 0 Å². The molecular weight excluding hydrogens is 229 g/mol. The van der Waals surface area contributed by atoms with Gasteiger partial charge in [-0.25, -0.2) is 4.39 Å². The smallest absolute Gasteiger partial charge is 0.123 e. The van der Waals surface area contributed by atoms with Crippen molar-refractivity contribution in [3.63, 3.8) is 0 Å². The van der Waals surface area contributed by atoms with Gasteiger partial charge in [0.25, 0.3) is 0 Å². The Morgan fingerprint density at radius 3 is 2.22 bits per heavy atom. The second-order valence-corrected chi connectivity index (χ2v) is 4.80. The van der Waals surface area contributed by atoms with E-state index in [9.17, 15) is 4.39 Å². The Morgan fingerprint density at radius 1 is 1.17 bits per heavy atom. The molecule has 0 radical (unpaired) electrons. The molecule has 1 aromatic carbocycles. The van der Waals surface area contributed by atoms with Gasteiger partial charge in [-0.2, -0.15) is 0 Å². The predicted octanol–water partition coefficient (Wildman–Crippen LogP) is 3.67. The van der Waals surface area contributed by atoms with Crippen LogP contribution >= 0.6 is 0 Å². The molecule has 0 aromatic heterocycles. The molecule has 0 amide bonds. The maximum absolute atomic E-state index is 12.8. The Hall–Kier alpha value is -0.930. The number of benzene rings is 1. The molecule has 2 atom stereocenters. The molecule has 0 aliphatic heterocycles. The van der Waals surface area contributed by atoms with Crippen molar-refractivity contribution >= 4 is 0 Å². The van der Waals surface area contributed by atoms with Crippen LogP contribution in [0.2, 0.25) is 0 Å². The number of halogens is 1. The predicted molar refractivity (Wildman–Crippen MR) is 72.8 cm³/mol. The van der Waals surface area contributed by atoms with Gasteiger partial charge < -0.3 is 10.5 Å². The lowest BCUT2D eigenvalue weighted by Crippen LogP contribution is -2.28. The second-order valence-electron chi connectivity index (χ2n) is 4.80. The van der Waals surface area contributed by atoms with E-state index in [1.807, 2.05) is 6.92 Å². The van der Waals surface area contributed by atoms with Crippen molar-refractivity contribution in [2.45, 2.75) is 45.8 Å². The van der Waals surface area contributed by atoms with Gasteiger partial charge in [-0.05, 0) is 30.5 Å². The van der Waals surface area contributed by atoms with Crippen molar-refractivity contribution < 1.29 is 9.13 Å². The molecule has 0 spiro atoms. The normalized spacial score (nSPS) is 14.8. The van der Waals surface area contributed by atoms with Crippen LogP contribution in [0.3, 0.4) is 0 Å². The van der Waals surface area contributed by atoms with Crippen LogP contribution in [-0.4, -0.2) is 12.7 Å². The van der Waals surface area contributed by atoms with E-state index in [0.29, 0.717) is 5.92 Å². The van der Waals surface area contributed by atoms with Gasteiger partial charge >= 0.3 is 0 Å². The summed E-state index contributed by atoms with van der Waals surface area (Å²) >= 11 is 0. The van der Waals surface area contributed by atoms with Crippen molar-refractivity contribution in [1.29, 1.82) is 0 Å². The summed E-state index contributed by atoms with van der Waals surface area (Å²) in [5.41, 5.74) is 7.02. The third-order valence-corrected chi connectivity index (χ3v) is 3.51. The molecule has 0 aliphatic rings. The van der Waals surface area contributed by atoms with Gasteiger partial charge in [0.1, 0.15) is 5.82 Å². The molecule has 0 saturated heterocycles. The van der Waals surface area contributed by atoms with Crippen LogP contribution in [-0.2, 0) is 4.74 Å². The molecule has 0 aliphatic carbocycles. The quantitative estimate of drug-likeness (QED) is 0.804. The van der Waals surface area contributed by atoms with Crippen molar-refractivity contribution in [3.8, 4) is 0 Å². The summed E-state index contributed by atoms with van der Waals surface area (Å²) in [5, 5.41) is 0. The van der Waals surface area contributed by atoms with Gasteiger partial charge in [0.05, 0.1) is 12.1 Å². The van der Waals surface area contributed by atoms with E-state index >= 15 is 0 Å². The Labute approximate surface area is 109 Å². The lowest BCUT2D eigenvalue weighted by Gasteiger charge is -2.23. The van der Waals surface area contributed by atoms with E-state index in [4.69, 9.17) is 10.5 Å². The molecule has 1 aromatic rings. The Bertz CT molecular complexity index is 335. The van der Waals surface area contributed by atoms with Crippen LogP contribution in [0, 0.1) is 11.7 Å². The maximum atomic E-state index is 12.8. The number of hydrogen-bond donors (Lipinski definition) is 1. The molecule has 2 N–H and O–H groups in total. The summed E-state index contributed by atoms with van der Waals surface area (Å²) < 4.78 is 18.6. The maximum Gasteiger partial charge on any atom is 0.123 e. The minimum Gasteiger partial charge on any atom is -0.376 e. The van der Waals surface area contributed by atoms with E-state index in [1.54, 1.807) is 12.1 Å². The number of nitrogens with two attached hydrogens (primary N) is 1. The van der Waals surface area contributed by atoms with Crippen molar-refractivity contribution in [2.75, 3.05) is 6.61 Å². The number of ether oxygens (including phenoxy) is 1. The van der Waals surface area contributed by atoms with Crippen LogP contribution in [0.4, 0.5) is 4.39 Å². The highest BCUT2D eigenvalue weighted by molar-refractivity contribution is 5.20. The fourth-order valence-electron chi connectivity index (χ4n) is 1.87. The third kappa shape index (κ3) is 4.39. The summed E-state index contributed by atoms with van der Waals surface area (Å²) in [4.78, 5) is 0. The van der Waals surface area contributed by atoms with Gasteiger partial charge in [-0.1, -0.05) is 38.8 Å². The first kappa shape index (κ1) is 15.1. The fourth-order valence-corrected chi connectivity index (χ4v) is 1.87. The molecule has 2 nitrogen and oxygen atoms in total. The first-order valence-electron chi connectivity index (χ1n) is 6.71. The van der Waals surface area contributed by atoms with Crippen molar-refractivity contribution in [3.05, 3.63) is 35.6 Å². The first-order valence-corrected chi connectivity index (χ1v) is 6.71. The van der Waals surface area contributed by atoms with E-state index < -0.39 is 0 Å².